The predicted octanol–water partition coefficient (Wildman–Crippen LogP) is 4.11. The van der Waals surface area contributed by atoms with Crippen LogP contribution >= 0.6 is 0 Å². The maximum absolute atomic E-state index is 12.7. The third kappa shape index (κ3) is 6.36. The van der Waals surface area contributed by atoms with Gasteiger partial charge in [0.15, 0.2) is 0 Å². The fourth-order valence-corrected chi connectivity index (χ4v) is 4.52. The second-order valence-electron chi connectivity index (χ2n) is 8.89. The summed E-state index contributed by atoms with van der Waals surface area (Å²) in [6.45, 7) is 0.115. The predicted molar refractivity (Wildman–Crippen MR) is 140 cm³/mol. The Labute approximate surface area is 219 Å². The van der Waals surface area contributed by atoms with Crippen LogP contribution in [0, 0.1) is 0 Å². The Hall–Kier alpha value is -4.66. The van der Waals surface area contributed by atoms with Gasteiger partial charge in [0.25, 0.3) is 0 Å². The third-order valence-electron chi connectivity index (χ3n) is 6.36. The lowest BCUT2D eigenvalue weighted by Crippen LogP contribution is -2.43. The van der Waals surface area contributed by atoms with Crippen molar-refractivity contribution < 1.29 is 33.8 Å². The van der Waals surface area contributed by atoms with E-state index >= 15 is 0 Å². The maximum atomic E-state index is 12.7. The van der Waals surface area contributed by atoms with Crippen molar-refractivity contribution in [1.29, 1.82) is 0 Å². The largest absolute Gasteiger partial charge is 0.481 e. The molecule has 1 aliphatic carbocycles. The third-order valence-corrected chi connectivity index (χ3v) is 6.36. The van der Waals surface area contributed by atoms with Crippen molar-refractivity contribution in [1.82, 2.24) is 5.32 Å². The number of fused-ring (bicyclic) bond motifs is 3. The Bertz CT molecular complexity index is 1290. The highest BCUT2D eigenvalue weighted by Crippen LogP contribution is 2.44. The summed E-state index contributed by atoms with van der Waals surface area (Å²) < 4.78 is 10.4. The molecule has 0 saturated carbocycles. The number of carbonyl (C=O) groups excluding carboxylic acids is 3. The minimum atomic E-state index is -1.05. The summed E-state index contributed by atoms with van der Waals surface area (Å²) in [5.41, 5.74) is 5.60. The van der Waals surface area contributed by atoms with Gasteiger partial charge in [0.05, 0.1) is 13.5 Å². The zero-order valence-electron chi connectivity index (χ0n) is 20.8. The van der Waals surface area contributed by atoms with E-state index in [9.17, 15) is 19.2 Å². The van der Waals surface area contributed by atoms with E-state index in [0.29, 0.717) is 11.3 Å². The monoisotopic (exact) mass is 516 g/mol. The highest BCUT2D eigenvalue weighted by Gasteiger charge is 2.30. The molecule has 0 bridgehead atoms. The minimum absolute atomic E-state index is 0.108. The number of esters is 1. The summed E-state index contributed by atoms with van der Waals surface area (Å²) in [6, 6.07) is 21.7. The van der Waals surface area contributed by atoms with Gasteiger partial charge < -0.3 is 25.2 Å². The number of carbonyl (C=O) groups is 4. The van der Waals surface area contributed by atoms with Crippen LogP contribution in [-0.4, -0.2) is 48.8 Å². The molecule has 0 fully saturated rings. The molecule has 0 saturated heterocycles. The van der Waals surface area contributed by atoms with Gasteiger partial charge in [-0.3, -0.25) is 9.59 Å². The number of carboxylic acids is 1. The molecule has 196 valence electrons. The zero-order valence-corrected chi connectivity index (χ0v) is 20.8. The number of ether oxygens (including phenoxy) is 2. The molecule has 0 heterocycles. The maximum Gasteiger partial charge on any atom is 0.407 e. The quantitative estimate of drug-likeness (QED) is 0.346. The highest BCUT2D eigenvalue weighted by atomic mass is 16.6. The van der Waals surface area contributed by atoms with Gasteiger partial charge in [0, 0.05) is 24.4 Å². The standard InChI is InChI=1S/C29H28N2O7/c1-37-28(35)25(16-18-10-12-19(13-11-18)30-26(32)14-15-27(33)34)31-29(36)38-17-24-22-8-4-2-6-20(22)21-7-3-5-9-23(21)24/h2-13,24-25H,14-17H2,1H3,(H,30,32)(H,31,36)(H,33,34)/t25-/m1/s1. The van der Waals surface area contributed by atoms with Gasteiger partial charge in [-0.05, 0) is 39.9 Å². The van der Waals surface area contributed by atoms with Crippen molar-refractivity contribution >= 4 is 29.6 Å². The molecular weight excluding hydrogens is 488 g/mol. The first-order valence-corrected chi connectivity index (χ1v) is 12.2. The van der Waals surface area contributed by atoms with Crippen molar-refractivity contribution in [3.8, 4) is 11.1 Å². The normalized spacial score (nSPS) is 12.6. The molecule has 0 aliphatic heterocycles. The van der Waals surface area contributed by atoms with Gasteiger partial charge >= 0.3 is 18.0 Å². The van der Waals surface area contributed by atoms with Crippen LogP contribution in [0.4, 0.5) is 10.5 Å². The van der Waals surface area contributed by atoms with Gasteiger partial charge in [-0.2, -0.15) is 0 Å². The molecule has 3 aromatic carbocycles. The molecule has 0 unspecified atom stereocenters. The lowest BCUT2D eigenvalue weighted by atomic mass is 9.98. The summed E-state index contributed by atoms with van der Waals surface area (Å²) in [7, 11) is 1.24. The molecule has 4 rings (SSSR count). The van der Waals surface area contributed by atoms with Gasteiger partial charge in [-0.1, -0.05) is 60.7 Å². The summed E-state index contributed by atoms with van der Waals surface area (Å²) in [5, 5.41) is 13.9. The molecule has 3 aromatic rings. The first-order valence-electron chi connectivity index (χ1n) is 12.2. The molecule has 0 spiro atoms. The van der Waals surface area contributed by atoms with Gasteiger partial charge in [-0.25, -0.2) is 9.59 Å². The van der Waals surface area contributed by atoms with Crippen LogP contribution < -0.4 is 10.6 Å². The Kier molecular flexibility index (Phi) is 8.37. The first kappa shape index (κ1) is 26.4. The Morgan fingerprint density at radius 2 is 1.47 bits per heavy atom. The summed E-state index contributed by atoms with van der Waals surface area (Å²) in [4.78, 5) is 47.5. The smallest absolute Gasteiger partial charge is 0.407 e. The minimum Gasteiger partial charge on any atom is -0.481 e. The van der Waals surface area contributed by atoms with E-state index in [2.05, 4.69) is 10.6 Å². The van der Waals surface area contributed by atoms with E-state index in [1.807, 2.05) is 48.5 Å². The second-order valence-corrected chi connectivity index (χ2v) is 8.89. The fourth-order valence-electron chi connectivity index (χ4n) is 4.52. The first-order chi connectivity index (χ1) is 18.4. The average molecular weight is 517 g/mol. The Balaban J connectivity index is 1.36. The summed E-state index contributed by atoms with van der Waals surface area (Å²) in [5.74, 6) is -2.19. The number of amides is 2. The molecule has 3 N–H and O–H groups in total. The number of hydrogen-bond donors (Lipinski definition) is 3. The Morgan fingerprint density at radius 1 is 0.868 bits per heavy atom. The molecule has 0 radical (unpaired) electrons. The number of benzene rings is 3. The SMILES string of the molecule is COC(=O)[C@@H](Cc1ccc(NC(=O)CCC(=O)O)cc1)NC(=O)OCC1c2ccccc2-c2ccccc21. The molecule has 9 nitrogen and oxygen atoms in total. The van der Waals surface area contributed by atoms with E-state index in [1.165, 1.54) is 7.11 Å². The summed E-state index contributed by atoms with van der Waals surface area (Å²) in [6.07, 6.45) is -0.980. The van der Waals surface area contributed by atoms with Crippen molar-refractivity contribution in [3.63, 3.8) is 0 Å². The van der Waals surface area contributed by atoms with E-state index < -0.39 is 30.0 Å². The number of carboxylic acid groups (broad SMARTS) is 1. The van der Waals surface area contributed by atoms with Crippen molar-refractivity contribution in [3.05, 3.63) is 89.5 Å². The number of nitrogens with one attached hydrogen (secondary N) is 2. The van der Waals surface area contributed by atoms with Crippen molar-refractivity contribution in [2.45, 2.75) is 31.2 Å². The molecule has 38 heavy (non-hydrogen) atoms. The number of anilines is 1. The van der Waals surface area contributed by atoms with Gasteiger partial charge in [0.1, 0.15) is 12.6 Å². The average Bonchev–Trinajstić information content (AvgIpc) is 3.24. The topological polar surface area (TPSA) is 131 Å². The van der Waals surface area contributed by atoms with E-state index in [4.69, 9.17) is 14.6 Å². The zero-order chi connectivity index (χ0) is 27.1. The number of methoxy groups -OCH3 is 1. The summed E-state index contributed by atoms with van der Waals surface area (Å²) >= 11 is 0. The molecular formula is C29H28N2O7. The van der Waals surface area contributed by atoms with Crippen molar-refractivity contribution in [2.24, 2.45) is 0 Å². The highest BCUT2D eigenvalue weighted by molar-refractivity contribution is 5.92. The molecule has 1 aliphatic rings. The molecule has 2 amide bonds. The van der Waals surface area contributed by atoms with Crippen LogP contribution in [0.2, 0.25) is 0 Å². The van der Waals surface area contributed by atoms with Gasteiger partial charge in [0.2, 0.25) is 5.91 Å². The van der Waals surface area contributed by atoms with E-state index in [-0.39, 0.29) is 31.8 Å². The Morgan fingerprint density at radius 3 is 2.05 bits per heavy atom. The number of aliphatic carboxylic acids is 1. The van der Waals surface area contributed by atoms with Crippen molar-refractivity contribution in [2.75, 3.05) is 19.0 Å². The van der Waals surface area contributed by atoms with Crippen LogP contribution in [0.5, 0.6) is 0 Å². The van der Waals surface area contributed by atoms with Crippen LogP contribution in [0.3, 0.4) is 0 Å². The van der Waals surface area contributed by atoms with E-state index in [0.717, 1.165) is 22.3 Å². The fraction of sp³-hybridized carbons (Fsp3) is 0.241. The van der Waals surface area contributed by atoms with E-state index in [1.54, 1.807) is 24.3 Å². The van der Waals surface area contributed by atoms with Crippen LogP contribution in [0.1, 0.15) is 35.4 Å². The number of rotatable bonds is 10. The van der Waals surface area contributed by atoms with Crippen LogP contribution in [0.15, 0.2) is 72.8 Å². The van der Waals surface area contributed by atoms with Crippen LogP contribution in [0.25, 0.3) is 11.1 Å². The van der Waals surface area contributed by atoms with Gasteiger partial charge in [-0.15, -0.1) is 0 Å². The lowest BCUT2D eigenvalue weighted by molar-refractivity contribution is -0.143. The lowest BCUT2D eigenvalue weighted by Gasteiger charge is -2.19. The molecule has 9 heteroatoms. The number of alkyl carbamates (subject to hydrolysis) is 1. The second kappa shape index (κ2) is 12.1. The molecule has 0 aromatic heterocycles. The van der Waals surface area contributed by atoms with Crippen LogP contribution in [-0.2, 0) is 30.3 Å². The molecule has 1 atom stereocenters. The number of hydrogen-bond acceptors (Lipinski definition) is 6.